The van der Waals surface area contributed by atoms with Gasteiger partial charge >= 0.3 is 0 Å². The summed E-state index contributed by atoms with van der Waals surface area (Å²) in [4.78, 5) is 45.8. The number of fused-ring (bicyclic) bond motifs is 1. The van der Waals surface area contributed by atoms with Gasteiger partial charge in [0.05, 0.1) is 23.4 Å². The van der Waals surface area contributed by atoms with Crippen LogP contribution in [-0.4, -0.2) is 61.8 Å². The van der Waals surface area contributed by atoms with Gasteiger partial charge in [0.15, 0.2) is 5.78 Å². The first kappa shape index (κ1) is 29.0. The lowest BCUT2D eigenvalue weighted by Gasteiger charge is -2.44. The van der Waals surface area contributed by atoms with Crippen LogP contribution in [0.3, 0.4) is 0 Å². The van der Waals surface area contributed by atoms with Gasteiger partial charge in [0.1, 0.15) is 17.3 Å². The van der Waals surface area contributed by atoms with E-state index in [9.17, 15) is 32.0 Å². The van der Waals surface area contributed by atoms with E-state index in [1.54, 1.807) is 0 Å². The highest BCUT2D eigenvalue weighted by molar-refractivity contribution is 7.93. The molecule has 39 heavy (non-hydrogen) atoms. The van der Waals surface area contributed by atoms with Crippen LogP contribution >= 0.6 is 23.2 Å². The Balaban J connectivity index is 0.000000333. The van der Waals surface area contributed by atoms with Crippen LogP contribution < -0.4 is 10.1 Å². The Morgan fingerprint density at radius 1 is 1.08 bits per heavy atom. The van der Waals surface area contributed by atoms with Crippen LogP contribution in [0.2, 0.25) is 10.0 Å². The van der Waals surface area contributed by atoms with Crippen LogP contribution in [0.4, 0.5) is 4.39 Å². The third-order valence-electron chi connectivity index (χ3n) is 7.00. The molecule has 0 spiro atoms. The molecule has 13 heteroatoms. The standard InChI is InChI=1S/C20H16Cl2FNO5S.C6H9NO2/c1-29-17-8-15(22)16(23)7-11(17)6-12-10-24-18(25)9-20(24,19(12)26)30(27,28)14-4-2-13(21)3-5-14;8-5-1-2-6(9)7-4-3-5/h2-5,7-8,12H,6,9-10H2,1H3;1-4H2,(H,7,9). The number of ether oxygens (including phenoxy) is 1. The van der Waals surface area contributed by atoms with E-state index in [2.05, 4.69) is 5.32 Å². The van der Waals surface area contributed by atoms with Crippen LogP contribution in [0.25, 0.3) is 0 Å². The summed E-state index contributed by atoms with van der Waals surface area (Å²) in [7, 11) is -2.80. The van der Waals surface area contributed by atoms with Gasteiger partial charge in [-0.2, -0.15) is 0 Å². The number of sulfone groups is 1. The Labute approximate surface area is 234 Å². The van der Waals surface area contributed by atoms with Gasteiger partial charge in [-0.25, -0.2) is 12.8 Å². The minimum atomic E-state index is -4.18. The zero-order valence-corrected chi connectivity index (χ0v) is 23.2. The number of ketones is 2. The van der Waals surface area contributed by atoms with Gasteiger partial charge < -0.3 is 15.0 Å². The number of benzene rings is 2. The highest BCUT2D eigenvalue weighted by Crippen LogP contribution is 2.49. The van der Waals surface area contributed by atoms with Gasteiger partial charge in [-0.1, -0.05) is 23.2 Å². The second-order valence-corrected chi connectivity index (χ2v) is 12.4. The maximum atomic E-state index is 14.0. The van der Waals surface area contributed by atoms with Crippen LogP contribution in [-0.2, 0) is 35.4 Å². The highest BCUT2D eigenvalue weighted by Gasteiger charge is 2.70. The Bertz CT molecular complexity index is 1430. The molecular formula is C26H25Cl2FN2O7S. The molecule has 2 unspecified atom stereocenters. The molecule has 0 saturated carbocycles. The van der Waals surface area contributed by atoms with Crippen LogP contribution in [0.5, 0.6) is 5.75 Å². The molecule has 208 valence electrons. The Morgan fingerprint density at radius 3 is 2.41 bits per heavy atom. The number of β-lactam (4-membered cyclic amide) rings is 1. The topological polar surface area (TPSA) is 127 Å². The molecule has 2 aromatic rings. The molecule has 0 bridgehead atoms. The molecule has 2 aromatic carbocycles. The van der Waals surface area contributed by atoms with Crippen molar-refractivity contribution in [1.82, 2.24) is 10.2 Å². The molecule has 5 rings (SSSR count). The molecule has 3 aliphatic rings. The second-order valence-electron chi connectivity index (χ2n) is 9.40. The first-order valence-corrected chi connectivity index (χ1v) is 14.3. The van der Waals surface area contributed by atoms with Gasteiger partial charge in [-0.05, 0) is 42.3 Å². The van der Waals surface area contributed by atoms with Crippen molar-refractivity contribution in [3.05, 3.63) is 57.8 Å². The van der Waals surface area contributed by atoms with Crippen molar-refractivity contribution in [3.63, 3.8) is 0 Å². The quantitative estimate of drug-likeness (QED) is 0.524. The molecule has 0 radical (unpaired) electrons. The summed E-state index contributed by atoms with van der Waals surface area (Å²) in [5.74, 6) is -2.04. The van der Waals surface area contributed by atoms with Gasteiger partial charge in [0.25, 0.3) is 0 Å². The fourth-order valence-electron chi connectivity index (χ4n) is 4.93. The normalized spacial score (nSPS) is 22.8. The first-order valence-electron chi connectivity index (χ1n) is 12.1. The SMILES string of the molecule is COc1cc(Cl)c(F)cc1CC1CN2C(=O)CC2(S(=O)(=O)c2ccc(Cl)cc2)C1=O.O=C1CCNC(=O)CC1. The number of halogens is 3. The number of hydrogen-bond donors (Lipinski definition) is 1. The average molecular weight is 599 g/mol. The lowest BCUT2D eigenvalue weighted by molar-refractivity contribution is -0.150. The minimum absolute atomic E-state index is 0.000787. The predicted molar refractivity (Wildman–Crippen MR) is 140 cm³/mol. The number of rotatable bonds is 5. The monoisotopic (exact) mass is 598 g/mol. The van der Waals surface area contributed by atoms with E-state index in [0.29, 0.717) is 36.4 Å². The van der Waals surface area contributed by atoms with E-state index in [-0.39, 0.29) is 40.3 Å². The number of amides is 2. The van der Waals surface area contributed by atoms with E-state index >= 15 is 0 Å². The molecule has 0 aromatic heterocycles. The van der Waals surface area contributed by atoms with Crippen molar-refractivity contribution < 1.29 is 36.7 Å². The first-order chi connectivity index (χ1) is 18.4. The fourth-order valence-corrected chi connectivity index (χ4v) is 7.30. The van der Waals surface area contributed by atoms with Crippen molar-refractivity contribution in [2.45, 2.75) is 41.9 Å². The van der Waals surface area contributed by atoms with E-state index < -0.39 is 44.6 Å². The summed E-state index contributed by atoms with van der Waals surface area (Å²) in [5, 5.41) is 2.83. The van der Waals surface area contributed by atoms with Crippen LogP contribution in [0, 0.1) is 11.7 Å². The maximum absolute atomic E-state index is 14.0. The molecule has 3 saturated heterocycles. The second kappa shape index (κ2) is 11.2. The number of Topliss-reactive ketones (excluding diaryl/α,β-unsaturated/α-hetero) is 2. The summed E-state index contributed by atoms with van der Waals surface area (Å²) >= 11 is 11.6. The third kappa shape index (κ3) is 5.39. The van der Waals surface area contributed by atoms with Gasteiger partial charge in [-0.3, -0.25) is 19.2 Å². The molecule has 2 amide bonds. The number of nitrogens with one attached hydrogen (secondary N) is 1. The smallest absolute Gasteiger partial charge is 0.228 e. The van der Waals surface area contributed by atoms with E-state index in [1.807, 2.05) is 0 Å². The number of hydrogen-bond acceptors (Lipinski definition) is 7. The van der Waals surface area contributed by atoms with Gasteiger partial charge in [-0.15, -0.1) is 0 Å². The molecule has 9 nitrogen and oxygen atoms in total. The molecule has 3 fully saturated rings. The van der Waals surface area contributed by atoms with Crippen molar-refractivity contribution in [2.24, 2.45) is 5.92 Å². The largest absolute Gasteiger partial charge is 0.496 e. The lowest BCUT2D eigenvalue weighted by atomic mass is 9.92. The van der Waals surface area contributed by atoms with Crippen LogP contribution in [0.1, 0.15) is 31.2 Å². The van der Waals surface area contributed by atoms with E-state index in [1.165, 1.54) is 37.4 Å². The van der Waals surface area contributed by atoms with Crippen molar-refractivity contribution in [2.75, 3.05) is 20.2 Å². The molecule has 0 aliphatic carbocycles. The minimum Gasteiger partial charge on any atom is -0.496 e. The van der Waals surface area contributed by atoms with Gasteiger partial charge in [0.2, 0.25) is 26.5 Å². The Kier molecular flexibility index (Phi) is 8.34. The predicted octanol–water partition coefficient (Wildman–Crippen LogP) is 3.14. The number of nitrogens with zero attached hydrogens (tertiary/aromatic N) is 1. The van der Waals surface area contributed by atoms with E-state index in [4.69, 9.17) is 27.9 Å². The molecule has 1 N–H and O–H groups in total. The summed E-state index contributed by atoms with van der Waals surface area (Å²) < 4.78 is 45.9. The maximum Gasteiger partial charge on any atom is 0.228 e. The summed E-state index contributed by atoms with van der Waals surface area (Å²) in [5.41, 5.74) is 0.367. The summed E-state index contributed by atoms with van der Waals surface area (Å²) in [6, 6.07) is 7.90. The highest BCUT2D eigenvalue weighted by atomic mass is 35.5. The lowest BCUT2D eigenvalue weighted by Crippen LogP contribution is -2.67. The molecule has 2 atom stereocenters. The fraction of sp³-hybridized carbons (Fsp3) is 0.385. The van der Waals surface area contributed by atoms with Crippen molar-refractivity contribution in [3.8, 4) is 5.75 Å². The number of carbonyl (C=O) groups excluding carboxylic acids is 4. The number of carbonyl (C=O) groups is 4. The van der Waals surface area contributed by atoms with Crippen LogP contribution in [0.15, 0.2) is 41.3 Å². The van der Waals surface area contributed by atoms with Crippen molar-refractivity contribution >= 4 is 56.4 Å². The van der Waals surface area contributed by atoms with Crippen molar-refractivity contribution in [1.29, 1.82) is 0 Å². The Hall–Kier alpha value is -3.02. The molecular weight excluding hydrogens is 574 g/mol. The summed E-state index contributed by atoms with van der Waals surface area (Å²) in [6.07, 6.45) is 0.896. The zero-order valence-electron chi connectivity index (χ0n) is 20.8. The average Bonchev–Trinajstić information content (AvgIpc) is 2.98. The molecule has 3 heterocycles. The van der Waals surface area contributed by atoms with E-state index in [0.717, 1.165) is 11.0 Å². The molecule has 3 aliphatic heterocycles. The number of methoxy groups -OCH3 is 1. The van der Waals surface area contributed by atoms with Gasteiger partial charge in [0, 0.05) is 49.4 Å². The zero-order chi connectivity index (χ0) is 28.5. The third-order valence-corrected chi connectivity index (χ3v) is 9.89. The summed E-state index contributed by atoms with van der Waals surface area (Å²) in [6.45, 7) is 0.454. The Morgan fingerprint density at radius 2 is 1.77 bits per heavy atom.